The van der Waals surface area contributed by atoms with Crippen molar-refractivity contribution in [2.24, 2.45) is 5.73 Å². The van der Waals surface area contributed by atoms with Gasteiger partial charge < -0.3 is 11.1 Å². The summed E-state index contributed by atoms with van der Waals surface area (Å²) in [7, 11) is 0. The molecule has 1 aromatic rings. The molecule has 0 unspecified atom stereocenters. The molecule has 106 valence electrons. The monoisotopic (exact) mass is 283 g/mol. The first-order chi connectivity index (χ1) is 8.95. The Morgan fingerprint density at radius 1 is 1.42 bits per heavy atom. The van der Waals surface area contributed by atoms with Crippen molar-refractivity contribution in [1.82, 2.24) is 5.32 Å². The fourth-order valence-corrected chi connectivity index (χ4v) is 2.56. The molecule has 1 rings (SSSR count). The van der Waals surface area contributed by atoms with E-state index in [1.165, 1.54) is 11.3 Å². The number of rotatable bonds is 6. The zero-order valence-electron chi connectivity index (χ0n) is 11.6. The standard InChI is InChI=1S/C13H21N3O2S/c1-4-5-6-15-13(18)16-12-9(11(14)17)7-10(19-12)8(2)3/h7-8H,4-6H2,1-3H3,(H2,14,17)(H2,15,16,18). The van der Waals surface area contributed by atoms with Gasteiger partial charge in [0.05, 0.1) is 5.56 Å². The number of thiophene rings is 1. The Morgan fingerprint density at radius 3 is 2.63 bits per heavy atom. The van der Waals surface area contributed by atoms with Crippen LogP contribution in [0, 0.1) is 0 Å². The van der Waals surface area contributed by atoms with Crippen LogP contribution in [0.3, 0.4) is 0 Å². The highest BCUT2D eigenvalue weighted by Crippen LogP contribution is 2.32. The zero-order valence-corrected chi connectivity index (χ0v) is 12.4. The number of urea groups is 1. The third-order valence-electron chi connectivity index (χ3n) is 2.63. The van der Waals surface area contributed by atoms with Gasteiger partial charge in [-0.1, -0.05) is 27.2 Å². The van der Waals surface area contributed by atoms with Crippen LogP contribution >= 0.6 is 11.3 Å². The largest absolute Gasteiger partial charge is 0.366 e. The lowest BCUT2D eigenvalue weighted by atomic mass is 10.1. The van der Waals surface area contributed by atoms with E-state index in [2.05, 4.69) is 17.6 Å². The first kappa shape index (κ1) is 15.5. The van der Waals surface area contributed by atoms with Gasteiger partial charge in [-0.15, -0.1) is 11.3 Å². The zero-order chi connectivity index (χ0) is 14.4. The Kier molecular flexibility index (Phi) is 5.82. The van der Waals surface area contributed by atoms with Crippen molar-refractivity contribution in [1.29, 1.82) is 0 Å². The molecule has 1 aromatic heterocycles. The van der Waals surface area contributed by atoms with Crippen LogP contribution in [0.2, 0.25) is 0 Å². The van der Waals surface area contributed by atoms with Crippen LogP contribution in [0.1, 0.15) is 54.8 Å². The predicted molar refractivity (Wildman–Crippen MR) is 78.9 cm³/mol. The van der Waals surface area contributed by atoms with Crippen molar-refractivity contribution in [2.45, 2.75) is 39.5 Å². The first-order valence-electron chi connectivity index (χ1n) is 6.44. The minimum atomic E-state index is -0.521. The number of hydrogen-bond acceptors (Lipinski definition) is 3. The van der Waals surface area contributed by atoms with Gasteiger partial charge in [-0.05, 0) is 18.4 Å². The quantitative estimate of drug-likeness (QED) is 0.701. The van der Waals surface area contributed by atoms with Crippen molar-refractivity contribution in [3.63, 3.8) is 0 Å². The fraction of sp³-hybridized carbons (Fsp3) is 0.538. The van der Waals surface area contributed by atoms with Crippen molar-refractivity contribution < 1.29 is 9.59 Å². The van der Waals surface area contributed by atoms with Crippen molar-refractivity contribution >= 4 is 28.3 Å². The molecule has 3 amide bonds. The number of anilines is 1. The molecule has 0 atom stereocenters. The number of primary amides is 1. The maximum absolute atomic E-state index is 11.7. The molecule has 0 bridgehead atoms. The van der Waals surface area contributed by atoms with Gasteiger partial charge in [-0.3, -0.25) is 10.1 Å². The van der Waals surface area contributed by atoms with Crippen LogP contribution in [-0.2, 0) is 0 Å². The second-order valence-electron chi connectivity index (χ2n) is 4.64. The summed E-state index contributed by atoms with van der Waals surface area (Å²) in [4.78, 5) is 24.1. The second kappa shape index (κ2) is 7.13. The fourth-order valence-electron chi connectivity index (χ4n) is 1.50. The molecule has 0 radical (unpaired) electrons. The summed E-state index contributed by atoms with van der Waals surface area (Å²) in [6.45, 7) is 6.74. The average molecular weight is 283 g/mol. The van der Waals surface area contributed by atoms with Crippen molar-refractivity contribution in [3.8, 4) is 0 Å². The van der Waals surface area contributed by atoms with Crippen LogP contribution in [0.15, 0.2) is 6.07 Å². The summed E-state index contributed by atoms with van der Waals surface area (Å²) in [6.07, 6.45) is 1.95. The van der Waals surface area contributed by atoms with E-state index in [-0.39, 0.29) is 6.03 Å². The number of hydrogen-bond donors (Lipinski definition) is 3. The summed E-state index contributed by atoms with van der Waals surface area (Å²) >= 11 is 1.39. The molecule has 0 fully saturated rings. The number of nitrogens with one attached hydrogen (secondary N) is 2. The van der Waals surface area contributed by atoms with Gasteiger partial charge in [0.15, 0.2) is 0 Å². The topological polar surface area (TPSA) is 84.2 Å². The van der Waals surface area contributed by atoms with Crippen molar-refractivity contribution in [2.75, 3.05) is 11.9 Å². The summed E-state index contributed by atoms with van der Waals surface area (Å²) in [5.41, 5.74) is 5.70. The molecule has 19 heavy (non-hydrogen) atoms. The third kappa shape index (κ3) is 4.55. The van der Waals surface area contributed by atoms with Crippen LogP contribution in [-0.4, -0.2) is 18.5 Å². The van der Waals surface area contributed by atoms with Gasteiger partial charge in [0.2, 0.25) is 0 Å². The predicted octanol–water partition coefficient (Wildman–Crippen LogP) is 2.89. The highest BCUT2D eigenvalue weighted by molar-refractivity contribution is 7.16. The Labute approximate surface area is 117 Å². The second-order valence-corrected chi connectivity index (χ2v) is 5.73. The molecule has 0 spiro atoms. The normalized spacial score (nSPS) is 10.5. The molecule has 0 saturated heterocycles. The molecule has 0 aliphatic rings. The molecular formula is C13H21N3O2S. The summed E-state index contributed by atoms with van der Waals surface area (Å²) < 4.78 is 0. The smallest absolute Gasteiger partial charge is 0.319 e. The highest BCUT2D eigenvalue weighted by Gasteiger charge is 2.17. The van der Waals surface area contributed by atoms with E-state index in [0.717, 1.165) is 17.7 Å². The number of unbranched alkanes of at least 4 members (excludes halogenated alkanes) is 1. The molecule has 0 aliphatic heterocycles. The molecule has 0 aliphatic carbocycles. The SMILES string of the molecule is CCCCNC(=O)Nc1sc(C(C)C)cc1C(N)=O. The Balaban J connectivity index is 2.76. The minimum absolute atomic E-state index is 0.293. The highest BCUT2D eigenvalue weighted by atomic mass is 32.1. The third-order valence-corrected chi connectivity index (χ3v) is 3.98. The van der Waals surface area contributed by atoms with E-state index >= 15 is 0 Å². The molecule has 1 heterocycles. The van der Waals surface area contributed by atoms with Crippen LogP contribution in [0.4, 0.5) is 9.80 Å². The average Bonchev–Trinajstić information content (AvgIpc) is 2.73. The van der Waals surface area contributed by atoms with Crippen LogP contribution in [0.5, 0.6) is 0 Å². The molecule has 5 nitrogen and oxygen atoms in total. The Hall–Kier alpha value is -1.56. The van der Waals surface area contributed by atoms with E-state index in [4.69, 9.17) is 5.73 Å². The maximum atomic E-state index is 11.7. The molecular weight excluding hydrogens is 262 g/mol. The van der Waals surface area contributed by atoms with Gasteiger partial charge >= 0.3 is 6.03 Å². The van der Waals surface area contributed by atoms with E-state index in [9.17, 15) is 9.59 Å². The van der Waals surface area contributed by atoms with Gasteiger partial charge in [-0.25, -0.2) is 4.79 Å². The van der Waals surface area contributed by atoms with Crippen molar-refractivity contribution in [3.05, 3.63) is 16.5 Å². The molecule has 0 aromatic carbocycles. The van der Waals surface area contributed by atoms with E-state index in [0.29, 0.717) is 23.0 Å². The van der Waals surface area contributed by atoms with E-state index < -0.39 is 5.91 Å². The molecule has 4 N–H and O–H groups in total. The maximum Gasteiger partial charge on any atom is 0.319 e. The van der Waals surface area contributed by atoms with E-state index in [1.54, 1.807) is 6.07 Å². The Morgan fingerprint density at radius 2 is 2.11 bits per heavy atom. The van der Waals surface area contributed by atoms with Crippen LogP contribution in [0.25, 0.3) is 0 Å². The van der Waals surface area contributed by atoms with Gasteiger partial charge in [0.1, 0.15) is 5.00 Å². The Bertz CT molecular complexity index is 455. The number of carbonyl (C=O) groups is 2. The minimum Gasteiger partial charge on any atom is -0.366 e. The lowest BCUT2D eigenvalue weighted by Gasteiger charge is -2.06. The lowest BCUT2D eigenvalue weighted by molar-refractivity contribution is 0.100. The molecule has 0 saturated carbocycles. The number of amides is 3. The number of nitrogens with two attached hydrogens (primary N) is 1. The van der Waals surface area contributed by atoms with E-state index in [1.807, 2.05) is 13.8 Å². The first-order valence-corrected chi connectivity index (χ1v) is 7.25. The summed E-state index contributed by atoms with van der Waals surface area (Å²) in [5.74, 6) is -0.228. The summed E-state index contributed by atoms with van der Waals surface area (Å²) in [6, 6.07) is 1.45. The van der Waals surface area contributed by atoms with Gasteiger partial charge in [-0.2, -0.15) is 0 Å². The number of carbonyl (C=O) groups excluding carboxylic acids is 2. The molecule has 6 heteroatoms. The van der Waals surface area contributed by atoms with Gasteiger partial charge in [0, 0.05) is 11.4 Å². The van der Waals surface area contributed by atoms with Gasteiger partial charge in [0.25, 0.3) is 5.91 Å². The van der Waals surface area contributed by atoms with Crippen LogP contribution < -0.4 is 16.4 Å². The summed E-state index contributed by atoms with van der Waals surface area (Å²) in [5, 5.41) is 5.95. The lowest BCUT2D eigenvalue weighted by Crippen LogP contribution is -2.29.